The van der Waals surface area contributed by atoms with Gasteiger partial charge in [-0.15, -0.1) is 0 Å². The van der Waals surface area contributed by atoms with Crippen LogP contribution in [0.5, 0.6) is 0 Å². The maximum absolute atomic E-state index is 12.0. The molecule has 19 heavy (non-hydrogen) atoms. The smallest absolute Gasteiger partial charge is 0.252 e. The third-order valence-electron chi connectivity index (χ3n) is 2.77. The van der Waals surface area contributed by atoms with Crippen molar-refractivity contribution in [2.75, 3.05) is 0 Å². The van der Waals surface area contributed by atoms with Gasteiger partial charge in [-0.25, -0.2) is 0 Å². The highest BCUT2D eigenvalue weighted by atomic mass is 16.1. The molecule has 4 heteroatoms. The van der Waals surface area contributed by atoms with E-state index in [-0.39, 0.29) is 5.91 Å². The Bertz CT molecular complexity index is 593. The monoisotopic (exact) mass is 249 g/mol. The van der Waals surface area contributed by atoms with Crippen molar-refractivity contribution in [1.82, 2.24) is 5.32 Å². The van der Waals surface area contributed by atoms with Crippen LogP contribution in [-0.2, 0) is 6.54 Å². The van der Waals surface area contributed by atoms with Crippen molar-refractivity contribution < 1.29 is 9.59 Å². The maximum atomic E-state index is 12.0. The lowest BCUT2D eigenvalue weighted by atomic mass is 9.95. The molecule has 92 valence electrons. The summed E-state index contributed by atoms with van der Waals surface area (Å²) in [5.74, 6) is -0.264. The van der Waals surface area contributed by atoms with E-state index < -0.39 is 0 Å². The van der Waals surface area contributed by atoms with Crippen molar-refractivity contribution in [2.24, 2.45) is 0 Å². The van der Waals surface area contributed by atoms with Crippen LogP contribution >= 0.6 is 0 Å². The number of aldehydes is 1. The molecule has 2 radical (unpaired) electrons. The zero-order valence-corrected chi connectivity index (χ0v) is 10.3. The predicted octanol–water partition coefficient (Wildman–Crippen LogP) is 1.22. The number of hydrogen-bond donors (Lipinski definition) is 1. The molecule has 0 aromatic heterocycles. The number of amides is 1. The van der Waals surface area contributed by atoms with Gasteiger partial charge in [-0.2, -0.15) is 0 Å². The van der Waals surface area contributed by atoms with Gasteiger partial charge in [0, 0.05) is 17.7 Å². The van der Waals surface area contributed by atoms with E-state index in [9.17, 15) is 9.59 Å². The van der Waals surface area contributed by atoms with Crippen molar-refractivity contribution >= 4 is 25.5 Å². The van der Waals surface area contributed by atoms with Gasteiger partial charge < -0.3 is 5.32 Å². The van der Waals surface area contributed by atoms with Crippen molar-refractivity contribution in [3.63, 3.8) is 0 Å². The third kappa shape index (κ3) is 3.31. The number of carbonyl (C=O) groups excluding carboxylic acids is 2. The Morgan fingerprint density at radius 1 is 1.11 bits per heavy atom. The van der Waals surface area contributed by atoms with Crippen LogP contribution in [0, 0.1) is 0 Å². The van der Waals surface area contributed by atoms with E-state index in [1.165, 1.54) is 0 Å². The second-order valence-electron chi connectivity index (χ2n) is 4.13. The summed E-state index contributed by atoms with van der Waals surface area (Å²) in [5, 5.41) is 2.77. The van der Waals surface area contributed by atoms with E-state index in [2.05, 4.69) is 5.32 Å². The second-order valence-corrected chi connectivity index (χ2v) is 4.13. The fourth-order valence-electron chi connectivity index (χ4n) is 1.72. The van der Waals surface area contributed by atoms with Crippen LogP contribution in [0.3, 0.4) is 0 Å². The molecule has 0 atom stereocenters. The van der Waals surface area contributed by atoms with Crippen LogP contribution in [0.2, 0.25) is 0 Å². The van der Waals surface area contributed by atoms with Crippen LogP contribution in [0.25, 0.3) is 0 Å². The lowest BCUT2D eigenvalue weighted by Crippen LogP contribution is -2.24. The molecular weight excluding hydrogens is 237 g/mol. The van der Waals surface area contributed by atoms with Gasteiger partial charge in [0.15, 0.2) is 6.29 Å². The highest BCUT2D eigenvalue weighted by Gasteiger charge is 2.09. The largest absolute Gasteiger partial charge is 0.348 e. The summed E-state index contributed by atoms with van der Waals surface area (Å²) < 4.78 is 0. The zero-order chi connectivity index (χ0) is 13.7. The van der Waals surface area contributed by atoms with Crippen LogP contribution in [-0.4, -0.2) is 20.0 Å². The van der Waals surface area contributed by atoms with Gasteiger partial charge in [0.25, 0.3) is 5.91 Å². The first-order valence-corrected chi connectivity index (χ1v) is 5.87. The molecule has 0 bridgehead atoms. The Morgan fingerprint density at radius 2 is 1.79 bits per heavy atom. The van der Waals surface area contributed by atoms with Gasteiger partial charge in [0.2, 0.25) is 0 Å². The standard InChI is InChI=1S/C15H12BNO2/c16-13-7-5-11(6-8-13)9-17-15(19)14-4-2-1-3-12(14)10-18/h1-8,10H,9H2,(H,17,19). The topological polar surface area (TPSA) is 46.2 Å². The molecular formula is C15H12BNO2. The number of nitrogens with one attached hydrogen (secondary N) is 1. The Morgan fingerprint density at radius 3 is 2.47 bits per heavy atom. The van der Waals surface area contributed by atoms with E-state index in [0.717, 1.165) is 5.56 Å². The molecule has 0 aliphatic carbocycles. The minimum atomic E-state index is -0.264. The highest BCUT2D eigenvalue weighted by molar-refractivity contribution is 6.32. The molecule has 2 rings (SSSR count). The van der Waals surface area contributed by atoms with Gasteiger partial charge >= 0.3 is 0 Å². The summed E-state index contributed by atoms with van der Waals surface area (Å²) in [6.45, 7) is 0.395. The molecule has 1 amide bonds. The van der Waals surface area contributed by atoms with E-state index in [4.69, 9.17) is 7.85 Å². The lowest BCUT2D eigenvalue weighted by molar-refractivity contribution is 0.0945. The van der Waals surface area contributed by atoms with Gasteiger partial charge in [0.05, 0.1) is 0 Å². The van der Waals surface area contributed by atoms with Crippen LogP contribution in [0.15, 0.2) is 48.5 Å². The predicted molar refractivity (Wildman–Crippen MR) is 74.8 cm³/mol. The molecule has 0 spiro atoms. The summed E-state index contributed by atoms with van der Waals surface area (Å²) in [7, 11) is 5.59. The van der Waals surface area contributed by atoms with Crippen molar-refractivity contribution in [1.29, 1.82) is 0 Å². The molecule has 2 aromatic carbocycles. The summed E-state index contributed by atoms with van der Waals surface area (Å²) in [4.78, 5) is 22.8. The highest BCUT2D eigenvalue weighted by Crippen LogP contribution is 2.06. The van der Waals surface area contributed by atoms with Gasteiger partial charge in [-0.1, -0.05) is 47.9 Å². The van der Waals surface area contributed by atoms with Gasteiger partial charge in [0.1, 0.15) is 7.85 Å². The first-order chi connectivity index (χ1) is 9.20. The van der Waals surface area contributed by atoms with E-state index in [1.807, 2.05) is 12.1 Å². The minimum Gasteiger partial charge on any atom is -0.348 e. The molecule has 0 saturated heterocycles. The number of rotatable bonds is 4. The first-order valence-electron chi connectivity index (χ1n) is 5.87. The molecule has 1 N–H and O–H groups in total. The van der Waals surface area contributed by atoms with Crippen molar-refractivity contribution in [2.45, 2.75) is 6.54 Å². The van der Waals surface area contributed by atoms with E-state index >= 15 is 0 Å². The summed E-state index contributed by atoms with van der Waals surface area (Å²) in [6.07, 6.45) is 0.679. The minimum absolute atomic E-state index is 0.264. The number of carbonyl (C=O) groups is 2. The Kier molecular flexibility index (Phi) is 4.13. The lowest BCUT2D eigenvalue weighted by Gasteiger charge is -2.07. The first kappa shape index (κ1) is 13.1. The zero-order valence-electron chi connectivity index (χ0n) is 10.3. The Labute approximate surface area is 113 Å². The maximum Gasteiger partial charge on any atom is 0.252 e. The molecule has 0 fully saturated rings. The fourth-order valence-corrected chi connectivity index (χ4v) is 1.72. The SMILES string of the molecule is [B]c1ccc(CNC(=O)c2ccccc2C=O)cc1. The number of benzene rings is 2. The number of hydrogen-bond acceptors (Lipinski definition) is 2. The van der Waals surface area contributed by atoms with Crippen LogP contribution in [0.4, 0.5) is 0 Å². The molecule has 0 aliphatic rings. The van der Waals surface area contributed by atoms with Crippen LogP contribution < -0.4 is 10.8 Å². The summed E-state index contributed by atoms with van der Waals surface area (Å²) in [5.41, 5.74) is 2.40. The summed E-state index contributed by atoms with van der Waals surface area (Å²) >= 11 is 0. The quantitative estimate of drug-likeness (QED) is 0.654. The fraction of sp³-hybridized carbons (Fsp3) is 0.0667. The molecule has 0 heterocycles. The Hall–Kier alpha value is -2.36. The molecule has 2 aromatic rings. The van der Waals surface area contributed by atoms with Crippen molar-refractivity contribution in [3.05, 3.63) is 65.2 Å². The van der Waals surface area contributed by atoms with Gasteiger partial charge in [-0.05, 0) is 11.6 Å². The van der Waals surface area contributed by atoms with Gasteiger partial charge in [-0.3, -0.25) is 9.59 Å². The summed E-state index contributed by atoms with van der Waals surface area (Å²) in [6, 6.07) is 13.9. The molecule has 0 aliphatic heterocycles. The molecule has 0 saturated carbocycles. The average Bonchev–Trinajstić information content (AvgIpc) is 2.46. The molecule has 3 nitrogen and oxygen atoms in total. The van der Waals surface area contributed by atoms with Crippen molar-refractivity contribution in [3.8, 4) is 0 Å². The van der Waals surface area contributed by atoms with Crippen LogP contribution in [0.1, 0.15) is 26.3 Å². The molecule has 0 unspecified atom stereocenters. The Balaban J connectivity index is 2.05. The normalized spacial score (nSPS) is 9.89. The second kappa shape index (κ2) is 6.00. The van der Waals surface area contributed by atoms with E-state index in [0.29, 0.717) is 29.4 Å². The van der Waals surface area contributed by atoms with E-state index in [1.54, 1.807) is 36.4 Å². The average molecular weight is 249 g/mol. The third-order valence-corrected chi connectivity index (χ3v) is 2.77.